The van der Waals surface area contributed by atoms with Gasteiger partial charge >= 0.3 is 0 Å². The second kappa shape index (κ2) is 6.67. The molecule has 0 aliphatic rings. The van der Waals surface area contributed by atoms with Crippen LogP contribution in [-0.2, 0) is 6.54 Å². The Kier molecular flexibility index (Phi) is 4.43. The molecule has 0 amide bonds. The van der Waals surface area contributed by atoms with Gasteiger partial charge in [-0.1, -0.05) is 12.1 Å². The first-order valence-electron chi connectivity index (χ1n) is 7.56. The quantitative estimate of drug-likeness (QED) is 0.592. The van der Waals surface area contributed by atoms with Crippen molar-refractivity contribution in [2.75, 3.05) is 43.2 Å². The largest absolute Gasteiger partial charge is 0.395 e. The molecule has 0 aliphatic carbocycles. The molecule has 126 valence electrons. The van der Waals surface area contributed by atoms with Crippen LogP contribution in [0.4, 0.5) is 17.8 Å². The predicted octanol–water partition coefficient (Wildman–Crippen LogP) is 0.322. The van der Waals surface area contributed by atoms with Crippen LogP contribution >= 0.6 is 0 Å². The Balaban J connectivity index is 2.02. The number of aliphatic hydroxyl groups is 1. The van der Waals surface area contributed by atoms with E-state index in [0.717, 1.165) is 11.0 Å². The van der Waals surface area contributed by atoms with Gasteiger partial charge < -0.3 is 25.6 Å². The molecule has 9 nitrogen and oxygen atoms in total. The van der Waals surface area contributed by atoms with E-state index in [1.54, 1.807) is 4.90 Å². The molecule has 0 saturated heterocycles. The minimum Gasteiger partial charge on any atom is -0.395 e. The van der Waals surface area contributed by atoms with Crippen molar-refractivity contribution >= 4 is 28.9 Å². The van der Waals surface area contributed by atoms with Gasteiger partial charge in [-0.2, -0.15) is 15.0 Å². The molecule has 4 N–H and O–H groups in total. The first-order valence-corrected chi connectivity index (χ1v) is 7.56. The molecule has 24 heavy (non-hydrogen) atoms. The Morgan fingerprint density at radius 1 is 1.17 bits per heavy atom. The van der Waals surface area contributed by atoms with Crippen molar-refractivity contribution in [2.24, 2.45) is 0 Å². The smallest absolute Gasteiger partial charge is 0.229 e. The summed E-state index contributed by atoms with van der Waals surface area (Å²) in [5.74, 6) is 1.88. The Hall–Kier alpha value is -2.94. The summed E-state index contributed by atoms with van der Waals surface area (Å²) in [4.78, 5) is 19.1. The topological polar surface area (TPSA) is 118 Å². The highest BCUT2D eigenvalue weighted by molar-refractivity contribution is 5.78. The van der Waals surface area contributed by atoms with Crippen LogP contribution in [0.5, 0.6) is 0 Å². The maximum absolute atomic E-state index is 9.06. The molecule has 0 radical (unpaired) electrons. The fourth-order valence-electron chi connectivity index (χ4n) is 2.38. The number of nitrogens with two attached hydrogens (primary N) is 1. The third-order valence-electron chi connectivity index (χ3n) is 3.44. The molecule has 0 aliphatic heterocycles. The number of hydrogen-bond donors (Lipinski definition) is 3. The SMILES string of the molecule is CN(C)c1nc(N)nc(Cn2c(NCCO)nc3ccccc32)n1. The van der Waals surface area contributed by atoms with Crippen LogP contribution in [0.3, 0.4) is 0 Å². The van der Waals surface area contributed by atoms with Crippen molar-refractivity contribution in [3.05, 3.63) is 30.1 Å². The van der Waals surface area contributed by atoms with Gasteiger partial charge in [0.15, 0.2) is 5.82 Å². The standard InChI is InChI=1S/C15H20N8O/c1-22(2)15-20-12(19-13(16)21-15)9-23-11-6-4-3-5-10(11)18-14(23)17-7-8-24/h3-6,24H,7-9H2,1-2H3,(H,17,18)(H2,16,19,20,21). The number of aromatic nitrogens is 5. The zero-order chi connectivity index (χ0) is 17.1. The minimum absolute atomic E-state index is 0.0205. The highest BCUT2D eigenvalue weighted by atomic mass is 16.3. The van der Waals surface area contributed by atoms with E-state index in [1.807, 2.05) is 42.9 Å². The van der Waals surface area contributed by atoms with Gasteiger partial charge in [0.1, 0.15) is 0 Å². The van der Waals surface area contributed by atoms with Crippen molar-refractivity contribution in [2.45, 2.75) is 6.54 Å². The van der Waals surface area contributed by atoms with E-state index < -0.39 is 0 Å². The van der Waals surface area contributed by atoms with Crippen LogP contribution in [0.25, 0.3) is 11.0 Å². The van der Waals surface area contributed by atoms with Crippen LogP contribution in [0, 0.1) is 0 Å². The van der Waals surface area contributed by atoms with Crippen molar-refractivity contribution in [1.82, 2.24) is 24.5 Å². The molecular formula is C15H20N8O. The zero-order valence-corrected chi connectivity index (χ0v) is 13.6. The number of hydrogen-bond acceptors (Lipinski definition) is 8. The summed E-state index contributed by atoms with van der Waals surface area (Å²) in [6.45, 7) is 0.820. The van der Waals surface area contributed by atoms with Gasteiger partial charge in [0.05, 0.1) is 24.2 Å². The van der Waals surface area contributed by atoms with E-state index >= 15 is 0 Å². The Labute approximate surface area is 139 Å². The number of fused-ring (bicyclic) bond motifs is 1. The average molecular weight is 328 g/mol. The maximum Gasteiger partial charge on any atom is 0.229 e. The lowest BCUT2D eigenvalue weighted by molar-refractivity contribution is 0.310. The highest BCUT2D eigenvalue weighted by Crippen LogP contribution is 2.20. The van der Waals surface area contributed by atoms with Gasteiger partial charge in [0.25, 0.3) is 0 Å². The van der Waals surface area contributed by atoms with Crippen molar-refractivity contribution in [1.29, 1.82) is 0 Å². The first-order chi connectivity index (χ1) is 11.6. The van der Waals surface area contributed by atoms with Gasteiger partial charge in [-0.3, -0.25) is 0 Å². The summed E-state index contributed by atoms with van der Waals surface area (Å²) >= 11 is 0. The van der Waals surface area contributed by atoms with Crippen molar-refractivity contribution in [3.8, 4) is 0 Å². The van der Waals surface area contributed by atoms with Gasteiger partial charge in [0.2, 0.25) is 17.8 Å². The molecule has 0 spiro atoms. The number of anilines is 3. The Bertz CT molecular complexity index is 845. The number of benzene rings is 1. The molecule has 0 saturated carbocycles. The summed E-state index contributed by atoms with van der Waals surface area (Å²) < 4.78 is 1.96. The van der Waals surface area contributed by atoms with Gasteiger partial charge in [0, 0.05) is 20.6 Å². The van der Waals surface area contributed by atoms with Gasteiger partial charge in [-0.25, -0.2) is 4.98 Å². The van der Waals surface area contributed by atoms with Crippen molar-refractivity contribution < 1.29 is 5.11 Å². The fraction of sp³-hybridized carbons (Fsp3) is 0.333. The predicted molar refractivity (Wildman–Crippen MR) is 93.0 cm³/mol. The summed E-state index contributed by atoms with van der Waals surface area (Å²) in [6, 6.07) is 7.79. The number of nitrogens with zero attached hydrogens (tertiary/aromatic N) is 6. The van der Waals surface area contributed by atoms with Crippen LogP contribution in [-0.4, -0.2) is 56.9 Å². The number of nitrogens with one attached hydrogen (secondary N) is 1. The highest BCUT2D eigenvalue weighted by Gasteiger charge is 2.13. The minimum atomic E-state index is 0.0205. The molecule has 2 heterocycles. The molecule has 0 atom stereocenters. The third-order valence-corrected chi connectivity index (χ3v) is 3.44. The monoisotopic (exact) mass is 328 g/mol. The maximum atomic E-state index is 9.06. The van der Waals surface area contributed by atoms with E-state index in [4.69, 9.17) is 10.8 Å². The number of rotatable bonds is 6. The summed E-state index contributed by atoms with van der Waals surface area (Å²) in [5.41, 5.74) is 7.60. The molecule has 0 bridgehead atoms. The number of imidazole rings is 1. The average Bonchev–Trinajstić information content (AvgIpc) is 2.90. The summed E-state index contributed by atoms with van der Waals surface area (Å²) in [5, 5.41) is 12.2. The number of aliphatic hydroxyl groups excluding tert-OH is 1. The van der Waals surface area contributed by atoms with Crippen LogP contribution in [0.1, 0.15) is 5.82 Å². The normalized spacial score (nSPS) is 11.0. The van der Waals surface area contributed by atoms with E-state index in [0.29, 0.717) is 30.8 Å². The second-order valence-corrected chi connectivity index (χ2v) is 5.46. The third kappa shape index (κ3) is 3.20. The molecule has 2 aromatic heterocycles. The molecule has 0 fully saturated rings. The molecule has 0 unspecified atom stereocenters. The molecule has 9 heteroatoms. The number of para-hydroxylation sites is 2. The van der Waals surface area contributed by atoms with E-state index in [-0.39, 0.29) is 12.6 Å². The summed E-state index contributed by atoms with van der Waals surface area (Å²) in [7, 11) is 3.69. The molecule has 3 aromatic rings. The van der Waals surface area contributed by atoms with E-state index in [9.17, 15) is 0 Å². The number of nitrogen functional groups attached to an aromatic ring is 1. The molecule has 1 aromatic carbocycles. The van der Waals surface area contributed by atoms with Crippen LogP contribution in [0.2, 0.25) is 0 Å². The zero-order valence-electron chi connectivity index (χ0n) is 13.6. The van der Waals surface area contributed by atoms with Gasteiger partial charge in [-0.05, 0) is 12.1 Å². The Morgan fingerprint density at radius 2 is 1.96 bits per heavy atom. The van der Waals surface area contributed by atoms with E-state index in [1.165, 1.54) is 0 Å². The lowest BCUT2D eigenvalue weighted by atomic mass is 10.3. The molecule has 3 rings (SSSR count). The summed E-state index contributed by atoms with van der Waals surface area (Å²) in [6.07, 6.45) is 0. The van der Waals surface area contributed by atoms with Crippen LogP contribution in [0.15, 0.2) is 24.3 Å². The second-order valence-electron chi connectivity index (χ2n) is 5.46. The van der Waals surface area contributed by atoms with Crippen LogP contribution < -0.4 is 16.0 Å². The lowest BCUT2D eigenvalue weighted by Crippen LogP contribution is -2.18. The van der Waals surface area contributed by atoms with E-state index in [2.05, 4.69) is 25.3 Å². The van der Waals surface area contributed by atoms with Gasteiger partial charge in [-0.15, -0.1) is 0 Å². The van der Waals surface area contributed by atoms with Crippen molar-refractivity contribution in [3.63, 3.8) is 0 Å². The first kappa shape index (κ1) is 15.9. The lowest BCUT2D eigenvalue weighted by Gasteiger charge is -2.13. The molecular weight excluding hydrogens is 308 g/mol. The Morgan fingerprint density at radius 3 is 2.71 bits per heavy atom. The fourth-order valence-corrected chi connectivity index (χ4v) is 2.38.